The van der Waals surface area contributed by atoms with Gasteiger partial charge in [-0.1, -0.05) is 0 Å². The fourth-order valence-corrected chi connectivity index (χ4v) is 2.85. The average molecular weight is 306 g/mol. The molecule has 98 valence electrons. The summed E-state index contributed by atoms with van der Waals surface area (Å²) in [7, 11) is 0. The molecule has 0 aromatic carbocycles. The van der Waals surface area contributed by atoms with E-state index in [1.165, 1.54) is 11.3 Å². The van der Waals surface area contributed by atoms with Crippen LogP contribution in [0.15, 0.2) is 0 Å². The van der Waals surface area contributed by atoms with E-state index in [0.717, 1.165) is 13.0 Å². The summed E-state index contributed by atoms with van der Waals surface area (Å²) in [6.07, 6.45) is 1.15. The van der Waals surface area contributed by atoms with Crippen LogP contribution in [0.1, 0.15) is 41.0 Å². The summed E-state index contributed by atoms with van der Waals surface area (Å²) in [5, 5.41) is 0. The molecular weight excluding hydrogens is 281 g/mol. The van der Waals surface area contributed by atoms with Crippen molar-refractivity contribution in [2.75, 3.05) is 13.2 Å². The van der Waals surface area contributed by atoms with Gasteiger partial charge in [-0.2, -0.15) is 0 Å². The molecule has 0 saturated carbocycles. The van der Waals surface area contributed by atoms with Gasteiger partial charge < -0.3 is 24.8 Å². The van der Waals surface area contributed by atoms with Gasteiger partial charge in [0.05, 0.1) is 0 Å². The Morgan fingerprint density at radius 1 is 1.06 bits per heavy atom. The first kappa shape index (κ1) is 22.4. The van der Waals surface area contributed by atoms with E-state index in [9.17, 15) is 0 Å². The van der Waals surface area contributed by atoms with Crippen molar-refractivity contribution in [1.82, 2.24) is 4.90 Å². The molecule has 2 nitrogen and oxygen atoms in total. The maximum absolute atomic E-state index is 5.59. The van der Waals surface area contributed by atoms with Crippen molar-refractivity contribution in [1.29, 1.82) is 0 Å². The second kappa shape index (κ2) is 14.3. The molecule has 0 rings (SSSR count). The first-order valence-corrected chi connectivity index (χ1v) is 7.44. The van der Waals surface area contributed by atoms with E-state index in [0.29, 0.717) is 12.1 Å². The van der Waals surface area contributed by atoms with Crippen molar-refractivity contribution < 1.29 is 47.7 Å². The summed E-state index contributed by atoms with van der Waals surface area (Å²) in [6.45, 7) is 13.4. The topological polar surface area (TPSA) is 12.5 Å². The van der Waals surface area contributed by atoms with Crippen LogP contribution in [-0.4, -0.2) is 30.1 Å². The van der Waals surface area contributed by atoms with Crippen LogP contribution in [0.4, 0.5) is 0 Å². The number of nitrogens with zero attached hydrogens (tertiary/aromatic N) is 1. The van der Waals surface area contributed by atoms with Gasteiger partial charge in [0.2, 0.25) is 0 Å². The van der Waals surface area contributed by atoms with Crippen LogP contribution in [0.5, 0.6) is 0 Å². The summed E-state index contributed by atoms with van der Waals surface area (Å²) < 4.78 is 6.87. The maximum atomic E-state index is 5.59. The molecule has 0 fully saturated rings. The van der Waals surface area contributed by atoms with E-state index >= 15 is 0 Å². The van der Waals surface area contributed by atoms with Crippen LogP contribution in [0.3, 0.4) is 0 Å². The molecule has 16 heavy (non-hydrogen) atoms. The van der Waals surface area contributed by atoms with Gasteiger partial charge in [-0.15, -0.1) is 0 Å². The fourth-order valence-electron chi connectivity index (χ4n) is 1.53. The zero-order valence-electron chi connectivity index (χ0n) is 11.1. The molecule has 0 spiro atoms. The fraction of sp³-hybridized carbons (Fsp3) is 1.00. The molecule has 5 heteroatoms. The minimum Gasteiger partial charge on any atom is -1.00 e. The van der Waals surface area contributed by atoms with Gasteiger partial charge in [0.1, 0.15) is 0 Å². The van der Waals surface area contributed by atoms with E-state index in [1.807, 2.05) is 0 Å². The summed E-state index contributed by atoms with van der Waals surface area (Å²) in [5.74, 6) is 0. The third-order valence-electron chi connectivity index (χ3n) is 2.21. The van der Waals surface area contributed by atoms with Crippen molar-refractivity contribution in [3.05, 3.63) is 0 Å². The molecule has 0 aromatic rings. The zero-order valence-corrected chi connectivity index (χ0v) is 14.2. The molecule has 0 bridgehead atoms. The third-order valence-corrected chi connectivity index (χ3v) is 3.51. The van der Waals surface area contributed by atoms with Gasteiger partial charge >= 0.3 is 98.8 Å². The molecule has 0 heterocycles. The standard InChI is InChI=1S/C8H18N.C3H7O.2ClH.Ti/c1-6-9(7(2)3)8(4)5;1-2-3-4;;;/h7-8H,1,6H2,2-5H3;2-3H2,1H3;2*1H;/q;-1;;;+3/p-2. The van der Waals surface area contributed by atoms with Gasteiger partial charge in [0.25, 0.3) is 0 Å². The van der Waals surface area contributed by atoms with Gasteiger partial charge in [-0.05, 0) is 0 Å². The Bertz CT molecular complexity index is 129. The molecule has 0 N–H and O–H groups in total. The van der Waals surface area contributed by atoms with Gasteiger partial charge in [0, 0.05) is 0 Å². The minimum atomic E-state index is -0.133. The average Bonchev–Trinajstić information content (AvgIpc) is 2.09. The Kier molecular flexibility index (Phi) is 20.0. The SMILES string of the molecule is CCC[O][Ti+2][CH2]CN(C(C)C)C(C)C.[Cl-].[Cl-]. The molecule has 0 aliphatic carbocycles. The van der Waals surface area contributed by atoms with Gasteiger partial charge in [0.15, 0.2) is 0 Å². The largest absolute Gasteiger partial charge is 1.00 e. The monoisotopic (exact) mass is 305 g/mol. The molecule has 0 radical (unpaired) electrons. The van der Waals surface area contributed by atoms with Crippen molar-refractivity contribution in [2.24, 2.45) is 0 Å². The van der Waals surface area contributed by atoms with Crippen LogP contribution >= 0.6 is 0 Å². The molecule has 0 atom stereocenters. The molecular formula is C11H25Cl2NOTi. The third kappa shape index (κ3) is 11.7. The van der Waals surface area contributed by atoms with Crippen LogP contribution in [0.2, 0.25) is 4.73 Å². The molecule has 0 amide bonds. The van der Waals surface area contributed by atoms with Crippen molar-refractivity contribution in [2.45, 2.75) is 57.8 Å². The Labute approximate surface area is 123 Å². The van der Waals surface area contributed by atoms with Crippen molar-refractivity contribution >= 4 is 0 Å². The maximum Gasteiger partial charge on any atom is -1.00 e. The zero-order chi connectivity index (χ0) is 11.0. The summed E-state index contributed by atoms with van der Waals surface area (Å²) in [5.41, 5.74) is 0. The quantitative estimate of drug-likeness (QED) is 0.349. The molecule has 0 aliphatic rings. The first-order valence-electron chi connectivity index (χ1n) is 5.70. The van der Waals surface area contributed by atoms with E-state index in [1.54, 1.807) is 0 Å². The smallest absolute Gasteiger partial charge is 1.00 e. The second-order valence-electron chi connectivity index (χ2n) is 4.17. The predicted octanol–water partition coefficient (Wildman–Crippen LogP) is -3.04. The Hall–Kier alpha value is 1.21. The van der Waals surface area contributed by atoms with Crippen LogP contribution in [-0.2, 0) is 22.9 Å². The molecule has 0 aromatic heterocycles. The second-order valence-corrected chi connectivity index (χ2v) is 5.85. The number of rotatable bonds is 8. The van der Waals surface area contributed by atoms with Crippen molar-refractivity contribution in [3.63, 3.8) is 0 Å². The number of hydrogen-bond donors (Lipinski definition) is 0. The van der Waals surface area contributed by atoms with Gasteiger partial charge in [-0.25, -0.2) is 0 Å². The van der Waals surface area contributed by atoms with E-state index in [-0.39, 0.29) is 44.4 Å². The Morgan fingerprint density at radius 3 is 1.94 bits per heavy atom. The Balaban J connectivity index is -0.000000845. The molecule has 0 aliphatic heterocycles. The molecule has 0 saturated heterocycles. The summed E-state index contributed by atoms with van der Waals surface area (Å²) in [4.78, 5) is 2.54. The first-order chi connectivity index (χ1) is 6.59. The van der Waals surface area contributed by atoms with Crippen molar-refractivity contribution in [3.8, 4) is 0 Å². The number of hydrogen-bond acceptors (Lipinski definition) is 2. The Morgan fingerprint density at radius 2 is 1.56 bits per heavy atom. The summed E-state index contributed by atoms with van der Waals surface area (Å²) in [6, 6.07) is 1.32. The predicted molar refractivity (Wildman–Crippen MR) is 58.0 cm³/mol. The summed E-state index contributed by atoms with van der Waals surface area (Å²) >= 11 is -0.133. The number of halogens is 2. The van der Waals surface area contributed by atoms with E-state index < -0.39 is 0 Å². The van der Waals surface area contributed by atoms with E-state index in [4.69, 9.17) is 3.32 Å². The van der Waals surface area contributed by atoms with Crippen LogP contribution in [0.25, 0.3) is 0 Å². The molecule has 0 unspecified atom stereocenters. The van der Waals surface area contributed by atoms with E-state index in [2.05, 4.69) is 39.5 Å². The van der Waals surface area contributed by atoms with Crippen LogP contribution < -0.4 is 24.8 Å². The normalized spacial score (nSPS) is 10.0. The van der Waals surface area contributed by atoms with Gasteiger partial charge in [-0.3, -0.25) is 0 Å². The van der Waals surface area contributed by atoms with Crippen LogP contribution in [0, 0.1) is 0 Å². The minimum absolute atomic E-state index is 0.